The summed E-state index contributed by atoms with van der Waals surface area (Å²) in [5.41, 5.74) is 5.34. The third-order valence-corrected chi connectivity index (χ3v) is 5.24. The maximum atomic E-state index is 12.7. The lowest BCUT2D eigenvalue weighted by Gasteiger charge is -2.35. The van der Waals surface area contributed by atoms with Gasteiger partial charge in [-0.3, -0.25) is 9.59 Å². The predicted octanol–water partition coefficient (Wildman–Crippen LogP) is 2.29. The highest BCUT2D eigenvalue weighted by Crippen LogP contribution is 2.36. The summed E-state index contributed by atoms with van der Waals surface area (Å²) < 4.78 is 0. The van der Waals surface area contributed by atoms with Crippen molar-refractivity contribution in [1.29, 1.82) is 0 Å². The van der Waals surface area contributed by atoms with Crippen LogP contribution in [0.25, 0.3) is 0 Å². The Kier molecular flexibility index (Phi) is 5.36. The first-order chi connectivity index (χ1) is 10.1. The van der Waals surface area contributed by atoms with Gasteiger partial charge in [0.25, 0.3) is 0 Å². The molecule has 0 radical (unpaired) electrons. The van der Waals surface area contributed by atoms with Gasteiger partial charge in [0.2, 0.25) is 5.91 Å². The van der Waals surface area contributed by atoms with Crippen LogP contribution in [0.3, 0.4) is 0 Å². The third-order valence-electron chi connectivity index (χ3n) is 4.25. The van der Waals surface area contributed by atoms with Crippen molar-refractivity contribution in [1.82, 2.24) is 5.32 Å². The number of carbonyl (C=O) groups is 2. The van der Waals surface area contributed by atoms with Crippen molar-refractivity contribution in [3.8, 4) is 0 Å². The lowest BCUT2D eigenvalue weighted by atomic mass is 9.73. The molecule has 1 saturated carbocycles. The lowest BCUT2D eigenvalue weighted by Crippen LogP contribution is -2.48. The van der Waals surface area contributed by atoms with E-state index in [0.717, 1.165) is 37.0 Å². The van der Waals surface area contributed by atoms with Crippen LogP contribution in [0.4, 0.5) is 0 Å². The molecule has 1 fully saturated rings. The van der Waals surface area contributed by atoms with E-state index in [4.69, 9.17) is 10.8 Å². The van der Waals surface area contributed by atoms with Crippen LogP contribution >= 0.6 is 11.3 Å². The summed E-state index contributed by atoms with van der Waals surface area (Å²) in [4.78, 5) is 24.6. The molecule has 1 heterocycles. The van der Waals surface area contributed by atoms with Crippen molar-refractivity contribution in [2.75, 3.05) is 6.54 Å². The van der Waals surface area contributed by atoms with E-state index >= 15 is 0 Å². The monoisotopic (exact) mass is 310 g/mol. The quantitative estimate of drug-likeness (QED) is 0.751. The maximum absolute atomic E-state index is 12.7. The number of carboxylic acid groups (broad SMARTS) is 1. The molecular weight excluding hydrogens is 288 g/mol. The van der Waals surface area contributed by atoms with Crippen LogP contribution in [0.2, 0.25) is 0 Å². The molecule has 1 aromatic rings. The molecule has 1 aliphatic carbocycles. The molecule has 0 bridgehead atoms. The zero-order valence-electron chi connectivity index (χ0n) is 12.0. The molecule has 0 spiro atoms. The van der Waals surface area contributed by atoms with E-state index in [-0.39, 0.29) is 12.3 Å². The summed E-state index contributed by atoms with van der Waals surface area (Å²) in [5.74, 6) is -1.01. The van der Waals surface area contributed by atoms with Gasteiger partial charge < -0.3 is 16.2 Å². The fourth-order valence-corrected chi connectivity index (χ4v) is 3.73. The van der Waals surface area contributed by atoms with Gasteiger partial charge in [-0.05, 0) is 24.3 Å². The lowest BCUT2D eigenvalue weighted by molar-refractivity contribution is -0.138. The van der Waals surface area contributed by atoms with Crippen molar-refractivity contribution in [3.05, 3.63) is 22.4 Å². The number of thiophene rings is 1. The standard InChI is InChI=1S/C15H22N2O3S/c16-10-15(6-2-1-3-7-15)14(20)17-11(9-13(18)19)12-5-4-8-21-12/h4-5,8,11H,1-3,6-7,9-10,16H2,(H,17,20)(H,18,19). The van der Waals surface area contributed by atoms with Gasteiger partial charge in [0.05, 0.1) is 17.9 Å². The fraction of sp³-hybridized carbons (Fsp3) is 0.600. The van der Waals surface area contributed by atoms with Crippen LogP contribution in [0.15, 0.2) is 17.5 Å². The normalized spacial score (nSPS) is 18.9. The van der Waals surface area contributed by atoms with Gasteiger partial charge in [-0.1, -0.05) is 25.3 Å². The molecule has 116 valence electrons. The van der Waals surface area contributed by atoms with Gasteiger partial charge in [-0.25, -0.2) is 0 Å². The zero-order chi connectivity index (χ0) is 15.3. The van der Waals surface area contributed by atoms with Gasteiger partial charge in [-0.15, -0.1) is 11.3 Å². The molecule has 1 aliphatic rings. The Bertz CT molecular complexity index is 481. The number of hydrogen-bond acceptors (Lipinski definition) is 4. The molecule has 0 aliphatic heterocycles. The number of rotatable bonds is 6. The Morgan fingerprint density at radius 2 is 2.10 bits per heavy atom. The van der Waals surface area contributed by atoms with Crippen LogP contribution in [0.5, 0.6) is 0 Å². The van der Waals surface area contributed by atoms with Gasteiger partial charge >= 0.3 is 5.97 Å². The van der Waals surface area contributed by atoms with Crippen molar-refractivity contribution in [2.45, 2.75) is 44.6 Å². The van der Waals surface area contributed by atoms with Crippen molar-refractivity contribution in [2.24, 2.45) is 11.1 Å². The Labute approximate surface area is 128 Å². The Morgan fingerprint density at radius 3 is 2.62 bits per heavy atom. The SMILES string of the molecule is NCC1(C(=O)NC(CC(=O)O)c2cccs2)CCCCC1. The Hall–Kier alpha value is -1.40. The molecule has 1 aromatic heterocycles. The summed E-state index contributed by atoms with van der Waals surface area (Å²) >= 11 is 1.46. The number of hydrogen-bond donors (Lipinski definition) is 3. The summed E-state index contributed by atoms with van der Waals surface area (Å²) in [6.07, 6.45) is 4.63. The molecule has 1 atom stereocenters. The van der Waals surface area contributed by atoms with Gasteiger partial charge in [0, 0.05) is 11.4 Å². The fourth-order valence-electron chi connectivity index (χ4n) is 2.95. The van der Waals surface area contributed by atoms with E-state index in [0.29, 0.717) is 6.54 Å². The molecule has 1 amide bonds. The number of nitrogens with two attached hydrogens (primary N) is 1. The number of carboxylic acids is 1. The van der Waals surface area contributed by atoms with E-state index in [1.54, 1.807) is 0 Å². The highest BCUT2D eigenvalue weighted by Gasteiger charge is 2.39. The van der Waals surface area contributed by atoms with E-state index in [1.165, 1.54) is 11.3 Å². The molecular formula is C15H22N2O3S. The van der Waals surface area contributed by atoms with Crippen molar-refractivity contribution in [3.63, 3.8) is 0 Å². The van der Waals surface area contributed by atoms with Crippen LogP contribution in [-0.4, -0.2) is 23.5 Å². The third kappa shape index (κ3) is 3.83. The molecule has 4 N–H and O–H groups in total. The summed E-state index contributed by atoms with van der Waals surface area (Å²) in [7, 11) is 0. The number of amides is 1. The van der Waals surface area contributed by atoms with E-state index in [9.17, 15) is 9.59 Å². The second kappa shape index (κ2) is 7.04. The van der Waals surface area contributed by atoms with E-state index < -0.39 is 17.4 Å². The minimum atomic E-state index is -0.917. The number of aliphatic carboxylic acids is 1. The smallest absolute Gasteiger partial charge is 0.305 e. The molecule has 1 unspecified atom stereocenters. The summed E-state index contributed by atoms with van der Waals surface area (Å²) in [6, 6.07) is 3.25. The Morgan fingerprint density at radius 1 is 1.38 bits per heavy atom. The molecule has 0 saturated heterocycles. The van der Waals surface area contributed by atoms with E-state index in [1.807, 2.05) is 17.5 Å². The number of carbonyl (C=O) groups excluding carboxylic acids is 1. The van der Waals surface area contributed by atoms with Gasteiger partial charge in [0.1, 0.15) is 0 Å². The van der Waals surface area contributed by atoms with Gasteiger partial charge in [-0.2, -0.15) is 0 Å². The summed E-state index contributed by atoms with van der Waals surface area (Å²) in [6.45, 7) is 0.322. The van der Waals surface area contributed by atoms with Gasteiger partial charge in [0.15, 0.2) is 0 Å². The molecule has 2 rings (SSSR count). The molecule has 5 nitrogen and oxygen atoms in total. The van der Waals surface area contributed by atoms with E-state index in [2.05, 4.69) is 5.32 Å². The summed E-state index contributed by atoms with van der Waals surface area (Å²) in [5, 5.41) is 13.9. The predicted molar refractivity (Wildman–Crippen MR) is 82.0 cm³/mol. The average molecular weight is 310 g/mol. The van der Waals surface area contributed by atoms with Crippen molar-refractivity contribution >= 4 is 23.2 Å². The second-order valence-corrected chi connectivity index (χ2v) is 6.66. The highest BCUT2D eigenvalue weighted by atomic mass is 32.1. The molecule has 21 heavy (non-hydrogen) atoms. The molecule has 0 aromatic carbocycles. The molecule has 6 heteroatoms. The minimum absolute atomic E-state index is 0.0932. The van der Waals surface area contributed by atoms with Crippen LogP contribution in [-0.2, 0) is 9.59 Å². The first-order valence-electron chi connectivity index (χ1n) is 7.34. The first kappa shape index (κ1) is 16.0. The average Bonchev–Trinajstić information content (AvgIpc) is 3.01. The zero-order valence-corrected chi connectivity index (χ0v) is 12.8. The highest BCUT2D eigenvalue weighted by molar-refractivity contribution is 7.10. The largest absolute Gasteiger partial charge is 0.481 e. The van der Waals surface area contributed by atoms with Crippen molar-refractivity contribution < 1.29 is 14.7 Å². The number of nitrogens with one attached hydrogen (secondary N) is 1. The van der Waals surface area contributed by atoms with Crippen LogP contribution in [0, 0.1) is 5.41 Å². The van der Waals surface area contributed by atoms with Crippen LogP contribution in [0.1, 0.15) is 49.4 Å². The second-order valence-electron chi connectivity index (χ2n) is 5.68. The maximum Gasteiger partial charge on any atom is 0.305 e. The topological polar surface area (TPSA) is 92.4 Å². The first-order valence-corrected chi connectivity index (χ1v) is 8.21. The Balaban J connectivity index is 2.11. The van der Waals surface area contributed by atoms with Crippen LogP contribution < -0.4 is 11.1 Å². The minimum Gasteiger partial charge on any atom is -0.481 e.